The normalized spacial score (nSPS) is 16.2. The number of halogens is 1. The van der Waals surface area contributed by atoms with E-state index in [1.54, 1.807) is 12.1 Å². The van der Waals surface area contributed by atoms with Crippen molar-refractivity contribution in [1.82, 2.24) is 19.5 Å². The van der Waals surface area contributed by atoms with E-state index in [9.17, 15) is 9.18 Å². The van der Waals surface area contributed by atoms with Crippen LogP contribution in [-0.2, 0) is 4.79 Å². The van der Waals surface area contributed by atoms with Gasteiger partial charge in [0.1, 0.15) is 17.7 Å². The first-order valence-electron chi connectivity index (χ1n) is 10.8. The van der Waals surface area contributed by atoms with Gasteiger partial charge in [-0.15, -0.1) is 10.2 Å². The number of carbonyl (C=O) groups is 1. The third-order valence-corrected chi connectivity index (χ3v) is 6.08. The molecule has 1 saturated heterocycles. The molecule has 32 heavy (non-hydrogen) atoms. The van der Waals surface area contributed by atoms with Crippen molar-refractivity contribution in [2.75, 3.05) is 18.4 Å². The first-order chi connectivity index (χ1) is 15.7. The highest BCUT2D eigenvalue weighted by Gasteiger charge is 2.32. The molecule has 5 rings (SSSR count). The highest BCUT2D eigenvalue weighted by Crippen LogP contribution is 2.32. The van der Waals surface area contributed by atoms with Crippen molar-refractivity contribution in [2.24, 2.45) is 0 Å². The average molecular weight is 429 g/mol. The maximum absolute atomic E-state index is 13.3. The lowest BCUT2D eigenvalue weighted by atomic mass is 9.93. The van der Waals surface area contributed by atoms with Gasteiger partial charge in [-0.25, -0.2) is 4.39 Å². The van der Waals surface area contributed by atoms with Gasteiger partial charge in [0.05, 0.1) is 0 Å². The molecule has 1 unspecified atom stereocenters. The van der Waals surface area contributed by atoms with Crippen LogP contribution >= 0.6 is 0 Å². The topological polar surface area (TPSA) is 62.5 Å². The number of carbonyl (C=O) groups excluding carboxylic acids is 1. The molecule has 6 nitrogen and oxygen atoms in total. The minimum Gasteiger partial charge on any atom is -0.324 e. The first kappa shape index (κ1) is 20.3. The summed E-state index contributed by atoms with van der Waals surface area (Å²) in [4.78, 5) is 15.5. The molecule has 2 aromatic carbocycles. The molecule has 1 amide bonds. The maximum Gasteiger partial charge on any atom is 0.246 e. The van der Waals surface area contributed by atoms with E-state index in [-0.39, 0.29) is 11.7 Å². The minimum atomic E-state index is -0.419. The van der Waals surface area contributed by atoms with Crippen LogP contribution in [0.5, 0.6) is 0 Å². The summed E-state index contributed by atoms with van der Waals surface area (Å²) in [6.45, 7) is 1.53. The van der Waals surface area contributed by atoms with Crippen molar-refractivity contribution in [2.45, 2.75) is 24.8 Å². The highest BCUT2D eigenvalue weighted by atomic mass is 19.1. The van der Waals surface area contributed by atoms with Crippen LogP contribution in [0.3, 0.4) is 0 Å². The standard InChI is InChI=1S/C25H24FN5O/c26-20-9-11-21(12-10-20)27-25(32)23(18-6-2-1-3-7-18)30-16-13-19(14-17-30)24-29-28-22-8-4-5-15-31(22)24/h1-12,15,19,23H,13-14,16-17H2,(H,27,32). The maximum atomic E-state index is 13.3. The lowest BCUT2D eigenvalue weighted by molar-refractivity contribution is -0.122. The molecular weight excluding hydrogens is 405 g/mol. The van der Waals surface area contributed by atoms with E-state index in [0.29, 0.717) is 11.6 Å². The fourth-order valence-corrected chi connectivity index (χ4v) is 4.46. The summed E-state index contributed by atoms with van der Waals surface area (Å²) < 4.78 is 15.3. The lowest BCUT2D eigenvalue weighted by Gasteiger charge is -2.36. The monoisotopic (exact) mass is 429 g/mol. The molecule has 0 bridgehead atoms. The van der Waals surface area contributed by atoms with Crippen molar-refractivity contribution in [3.63, 3.8) is 0 Å². The Morgan fingerprint density at radius 2 is 1.66 bits per heavy atom. The molecular formula is C25H24FN5O. The molecule has 0 saturated carbocycles. The number of pyridine rings is 1. The predicted molar refractivity (Wildman–Crippen MR) is 121 cm³/mol. The van der Waals surface area contributed by atoms with Gasteiger partial charge in [0.2, 0.25) is 5.91 Å². The molecule has 4 aromatic rings. The van der Waals surface area contributed by atoms with Crippen LogP contribution in [0.1, 0.15) is 36.2 Å². The Hall–Kier alpha value is -3.58. The number of likely N-dealkylation sites (tertiary alicyclic amines) is 1. The molecule has 0 radical (unpaired) electrons. The number of hydrogen-bond acceptors (Lipinski definition) is 4. The second-order valence-electron chi connectivity index (χ2n) is 8.11. The zero-order valence-corrected chi connectivity index (χ0v) is 17.6. The molecule has 1 aliphatic rings. The molecule has 162 valence electrons. The van der Waals surface area contributed by atoms with Gasteiger partial charge < -0.3 is 5.32 Å². The number of rotatable bonds is 5. The van der Waals surface area contributed by atoms with Crippen LogP contribution < -0.4 is 5.32 Å². The van der Waals surface area contributed by atoms with Gasteiger partial charge in [-0.3, -0.25) is 14.1 Å². The SMILES string of the molecule is O=C(Nc1ccc(F)cc1)C(c1ccccc1)N1CCC(c2nnc3ccccn23)CC1. The zero-order valence-electron chi connectivity index (χ0n) is 17.6. The quantitative estimate of drug-likeness (QED) is 0.510. The molecule has 2 aromatic heterocycles. The molecule has 7 heteroatoms. The molecule has 3 heterocycles. The molecule has 1 atom stereocenters. The summed E-state index contributed by atoms with van der Waals surface area (Å²) in [5, 5.41) is 11.7. The van der Waals surface area contributed by atoms with Crippen LogP contribution in [0.2, 0.25) is 0 Å². The van der Waals surface area contributed by atoms with Gasteiger partial charge in [0.25, 0.3) is 0 Å². The van der Waals surface area contributed by atoms with Gasteiger partial charge in [-0.2, -0.15) is 0 Å². The second kappa shape index (κ2) is 8.88. The number of amides is 1. The average Bonchev–Trinajstić information content (AvgIpc) is 3.26. The number of fused-ring (bicyclic) bond motifs is 1. The van der Waals surface area contributed by atoms with Crippen molar-refractivity contribution < 1.29 is 9.18 Å². The largest absolute Gasteiger partial charge is 0.324 e. The van der Waals surface area contributed by atoms with Crippen molar-refractivity contribution >= 4 is 17.2 Å². The van der Waals surface area contributed by atoms with E-state index in [0.717, 1.165) is 43.0 Å². The van der Waals surface area contributed by atoms with E-state index < -0.39 is 6.04 Å². The molecule has 1 N–H and O–H groups in total. The number of nitrogens with zero attached hydrogens (tertiary/aromatic N) is 4. The van der Waals surface area contributed by atoms with Gasteiger partial charge in [0.15, 0.2) is 5.65 Å². The Balaban J connectivity index is 1.34. The van der Waals surface area contributed by atoms with E-state index in [1.165, 1.54) is 12.1 Å². The summed E-state index contributed by atoms with van der Waals surface area (Å²) in [6, 6.07) is 21.1. The Labute approximate surface area is 185 Å². The van der Waals surface area contributed by atoms with E-state index in [1.807, 2.05) is 54.7 Å². The predicted octanol–water partition coefficient (Wildman–Crippen LogP) is 4.43. The number of piperidine rings is 1. The Morgan fingerprint density at radius 1 is 0.938 bits per heavy atom. The first-order valence-corrected chi connectivity index (χ1v) is 10.8. The van der Waals surface area contributed by atoms with Gasteiger partial charge in [-0.05, 0) is 67.9 Å². The van der Waals surface area contributed by atoms with Crippen molar-refractivity contribution in [3.8, 4) is 0 Å². The van der Waals surface area contributed by atoms with Crippen molar-refractivity contribution in [1.29, 1.82) is 0 Å². The number of aromatic nitrogens is 3. The molecule has 1 aliphatic heterocycles. The lowest BCUT2D eigenvalue weighted by Crippen LogP contribution is -2.42. The van der Waals surface area contributed by atoms with Crippen LogP contribution in [-0.4, -0.2) is 38.5 Å². The highest BCUT2D eigenvalue weighted by molar-refractivity contribution is 5.95. The number of anilines is 1. The number of nitrogens with one attached hydrogen (secondary N) is 1. The Kier molecular flexibility index (Phi) is 5.64. The second-order valence-corrected chi connectivity index (χ2v) is 8.11. The summed E-state index contributed by atoms with van der Waals surface area (Å²) in [5.41, 5.74) is 2.38. The third kappa shape index (κ3) is 4.11. The summed E-state index contributed by atoms with van der Waals surface area (Å²) >= 11 is 0. The third-order valence-electron chi connectivity index (χ3n) is 6.08. The smallest absolute Gasteiger partial charge is 0.246 e. The molecule has 1 fully saturated rings. The summed E-state index contributed by atoms with van der Waals surface area (Å²) in [7, 11) is 0. The fourth-order valence-electron chi connectivity index (χ4n) is 4.46. The minimum absolute atomic E-state index is 0.116. The van der Waals surface area contributed by atoms with Gasteiger partial charge in [-0.1, -0.05) is 36.4 Å². The van der Waals surface area contributed by atoms with Gasteiger partial charge in [0, 0.05) is 17.8 Å². The van der Waals surface area contributed by atoms with Crippen LogP contribution in [0.25, 0.3) is 5.65 Å². The number of benzene rings is 2. The molecule has 0 spiro atoms. The Morgan fingerprint density at radius 3 is 2.41 bits per heavy atom. The zero-order chi connectivity index (χ0) is 21.9. The Bertz CT molecular complexity index is 1200. The van der Waals surface area contributed by atoms with Crippen LogP contribution in [0.4, 0.5) is 10.1 Å². The van der Waals surface area contributed by atoms with E-state index in [2.05, 4.69) is 24.8 Å². The fraction of sp³-hybridized carbons (Fsp3) is 0.240. The summed E-state index contributed by atoms with van der Waals surface area (Å²) in [6.07, 6.45) is 3.78. The van der Waals surface area contributed by atoms with Crippen LogP contribution in [0, 0.1) is 5.82 Å². The van der Waals surface area contributed by atoms with Crippen LogP contribution in [0.15, 0.2) is 79.0 Å². The summed E-state index contributed by atoms with van der Waals surface area (Å²) in [5.74, 6) is 0.826. The van der Waals surface area contributed by atoms with E-state index >= 15 is 0 Å². The number of hydrogen-bond donors (Lipinski definition) is 1. The van der Waals surface area contributed by atoms with Crippen molar-refractivity contribution in [3.05, 3.63) is 96.2 Å². The van der Waals surface area contributed by atoms with Gasteiger partial charge >= 0.3 is 0 Å². The molecule has 0 aliphatic carbocycles. The van der Waals surface area contributed by atoms with E-state index in [4.69, 9.17) is 0 Å².